The SMILES string of the molecule is COc1ccc2cc([C@H](C)C(=O)NC(C)c3ccc4c(c3)OCCO4)ccc2c1. The molecule has 3 aromatic rings. The Hall–Kier alpha value is -3.21. The fourth-order valence-corrected chi connectivity index (χ4v) is 3.54. The first kappa shape index (κ1) is 19.1. The third-order valence-corrected chi connectivity index (χ3v) is 5.39. The van der Waals surface area contributed by atoms with Gasteiger partial charge in [0.05, 0.1) is 19.1 Å². The summed E-state index contributed by atoms with van der Waals surface area (Å²) in [6.45, 7) is 5.01. The van der Waals surface area contributed by atoms with E-state index in [-0.39, 0.29) is 17.9 Å². The van der Waals surface area contributed by atoms with E-state index in [9.17, 15) is 4.79 Å². The van der Waals surface area contributed by atoms with E-state index >= 15 is 0 Å². The van der Waals surface area contributed by atoms with E-state index in [2.05, 4.69) is 11.4 Å². The molecule has 0 aromatic heterocycles. The molecule has 1 N–H and O–H groups in total. The normalized spacial score (nSPS) is 14.9. The predicted molar refractivity (Wildman–Crippen MR) is 113 cm³/mol. The van der Waals surface area contributed by atoms with Crippen LogP contribution in [0.4, 0.5) is 0 Å². The lowest BCUT2D eigenvalue weighted by molar-refractivity contribution is -0.122. The van der Waals surface area contributed by atoms with Gasteiger partial charge in [0.2, 0.25) is 5.91 Å². The van der Waals surface area contributed by atoms with Crippen LogP contribution in [0.1, 0.15) is 36.9 Å². The largest absolute Gasteiger partial charge is 0.497 e. The number of rotatable bonds is 5. The summed E-state index contributed by atoms with van der Waals surface area (Å²) < 4.78 is 16.5. The van der Waals surface area contributed by atoms with Crippen LogP contribution >= 0.6 is 0 Å². The summed E-state index contributed by atoms with van der Waals surface area (Å²) >= 11 is 0. The van der Waals surface area contributed by atoms with E-state index in [1.54, 1.807) is 7.11 Å². The lowest BCUT2D eigenvalue weighted by Crippen LogP contribution is -2.30. The molecule has 5 heteroatoms. The quantitative estimate of drug-likeness (QED) is 0.691. The van der Waals surface area contributed by atoms with Crippen LogP contribution in [0, 0.1) is 0 Å². The minimum atomic E-state index is -0.263. The number of methoxy groups -OCH3 is 1. The summed E-state index contributed by atoms with van der Waals surface area (Å²) in [5.74, 6) is 2.03. The second kappa shape index (κ2) is 8.03. The molecular weight excluding hydrogens is 366 g/mol. The highest BCUT2D eigenvalue weighted by molar-refractivity contribution is 5.88. The zero-order chi connectivity index (χ0) is 20.4. The van der Waals surface area contributed by atoms with E-state index in [0.717, 1.165) is 39.1 Å². The van der Waals surface area contributed by atoms with Crippen LogP contribution in [0.5, 0.6) is 17.2 Å². The van der Waals surface area contributed by atoms with Crippen molar-refractivity contribution in [3.8, 4) is 17.2 Å². The lowest BCUT2D eigenvalue weighted by Gasteiger charge is -2.22. The van der Waals surface area contributed by atoms with Gasteiger partial charge in [-0.2, -0.15) is 0 Å². The zero-order valence-corrected chi connectivity index (χ0v) is 16.9. The number of carbonyl (C=O) groups excluding carboxylic acids is 1. The molecule has 150 valence electrons. The Balaban J connectivity index is 1.48. The van der Waals surface area contributed by atoms with Crippen molar-refractivity contribution in [2.75, 3.05) is 20.3 Å². The van der Waals surface area contributed by atoms with Crippen molar-refractivity contribution in [3.05, 3.63) is 65.7 Å². The highest BCUT2D eigenvalue weighted by Crippen LogP contribution is 2.33. The first-order valence-electron chi connectivity index (χ1n) is 9.83. The first-order chi connectivity index (χ1) is 14.0. The molecule has 3 aromatic carbocycles. The Kier molecular flexibility index (Phi) is 5.30. The van der Waals surface area contributed by atoms with E-state index in [1.807, 2.05) is 62.4 Å². The average molecular weight is 391 g/mol. The van der Waals surface area contributed by atoms with E-state index < -0.39 is 0 Å². The molecule has 0 saturated carbocycles. The molecule has 29 heavy (non-hydrogen) atoms. The number of benzene rings is 3. The van der Waals surface area contributed by atoms with Crippen molar-refractivity contribution in [2.45, 2.75) is 25.8 Å². The van der Waals surface area contributed by atoms with Gasteiger partial charge in [0, 0.05) is 0 Å². The van der Waals surface area contributed by atoms with E-state index in [4.69, 9.17) is 14.2 Å². The second-order valence-electron chi connectivity index (χ2n) is 7.33. The van der Waals surface area contributed by atoms with Gasteiger partial charge >= 0.3 is 0 Å². The third-order valence-electron chi connectivity index (χ3n) is 5.39. The number of carbonyl (C=O) groups is 1. The molecule has 0 radical (unpaired) electrons. The Morgan fingerprint density at radius 2 is 1.59 bits per heavy atom. The van der Waals surface area contributed by atoms with Gasteiger partial charge < -0.3 is 19.5 Å². The number of fused-ring (bicyclic) bond motifs is 2. The molecule has 1 unspecified atom stereocenters. The van der Waals surface area contributed by atoms with Gasteiger partial charge in [-0.15, -0.1) is 0 Å². The average Bonchev–Trinajstić information content (AvgIpc) is 2.77. The van der Waals surface area contributed by atoms with Crippen LogP contribution in [0.15, 0.2) is 54.6 Å². The molecule has 5 nitrogen and oxygen atoms in total. The highest BCUT2D eigenvalue weighted by atomic mass is 16.6. The molecule has 1 aliphatic heterocycles. The standard InChI is InChI=1S/C24H25NO4/c1-15(17-4-5-20-13-21(27-3)8-6-19(20)12-17)24(26)25-16(2)18-7-9-22-23(14-18)29-11-10-28-22/h4-9,12-16H,10-11H2,1-3H3,(H,25,26)/t15-,16?/m0/s1. The fourth-order valence-electron chi connectivity index (χ4n) is 3.54. The smallest absolute Gasteiger partial charge is 0.227 e. The second-order valence-corrected chi connectivity index (χ2v) is 7.33. The predicted octanol–water partition coefficient (Wildman–Crippen LogP) is 4.60. The molecule has 4 rings (SSSR count). The summed E-state index contributed by atoms with van der Waals surface area (Å²) in [7, 11) is 1.66. The van der Waals surface area contributed by atoms with Gasteiger partial charge in [0.25, 0.3) is 0 Å². The van der Waals surface area contributed by atoms with Gasteiger partial charge in [-0.3, -0.25) is 4.79 Å². The van der Waals surface area contributed by atoms with Gasteiger partial charge in [-0.05, 0) is 60.0 Å². The number of hydrogen-bond donors (Lipinski definition) is 1. The maximum Gasteiger partial charge on any atom is 0.227 e. The van der Waals surface area contributed by atoms with Crippen molar-refractivity contribution in [1.29, 1.82) is 0 Å². The first-order valence-corrected chi connectivity index (χ1v) is 9.83. The molecule has 0 aliphatic carbocycles. The molecule has 1 amide bonds. The summed E-state index contributed by atoms with van der Waals surface area (Å²) in [5.41, 5.74) is 1.97. The van der Waals surface area contributed by atoms with Crippen molar-refractivity contribution < 1.29 is 19.0 Å². The maximum absolute atomic E-state index is 12.9. The van der Waals surface area contributed by atoms with Crippen LogP contribution in [0.25, 0.3) is 10.8 Å². The van der Waals surface area contributed by atoms with Gasteiger partial charge in [0.1, 0.15) is 19.0 Å². The molecule has 2 atom stereocenters. The summed E-state index contributed by atoms with van der Waals surface area (Å²) in [5, 5.41) is 5.29. The van der Waals surface area contributed by atoms with Crippen LogP contribution < -0.4 is 19.5 Å². The van der Waals surface area contributed by atoms with Crippen molar-refractivity contribution in [3.63, 3.8) is 0 Å². The Labute approximate surface area is 170 Å². The summed E-state index contributed by atoms with van der Waals surface area (Å²) in [6, 6.07) is 17.7. The fraction of sp³-hybridized carbons (Fsp3) is 0.292. The summed E-state index contributed by atoms with van der Waals surface area (Å²) in [4.78, 5) is 12.9. The van der Waals surface area contributed by atoms with Gasteiger partial charge in [0.15, 0.2) is 11.5 Å². The highest BCUT2D eigenvalue weighted by Gasteiger charge is 2.20. The monoisotopic (exact) mass is 391 g/mol. The molecule has 1 heterocycles. The lowest BCUT2D eigenvalue weighted by atomic mass is 9.96. The van der Waals surface area contributed by atoms with Crippen molar-refractivity contribution in [2.24, 2.45) is 0 Å². The van der Waals surface area contributed by atoms with Crippen LogP contribution in [0.2, 0.25) is 0 Å². The Morgan fingerprint density at radius 1 is 0.897 bits per heavy atom. The third kappa shape index (κ3) is 3.99. The van der Waals surface area contributed by atoms with Gasteiger partial charge in [-0.1, -0.05) is 30.3 Å². The van der Waals surface area contributed by atoms with Gasteiger partial charge in [-0.25, -0.2) is 0 Å². The van der Waals surface area contributed by atoms with Crippen LogP contribution in [0.3, 0.4) is 0 Å². The molecular formula is C24H25NO4. The summed E-state index contributed by atoms with van der Waals surface area (Å²) in [6.07, 6.45) is 0. The van der Waals surface area contributed by atoms with E-state index in [0.29, 0.717) is 13.2 Å². The molecule has 1 aliphatic rings. The number of amides is 1. The Morgan fingerprint density at radius 3 is 2.38 bits per heavy atom. The zero-order valence-electron chi connectivity index (χ0n) is 16.9. The number of ether oxygens (including phenoxy) is 3. The molecule has 0 bridgehead atoms. The Bertz CT molecular complexity index is 1050. The van der Waals surface area contributed by atoms with E-state index in [1.165, 1.54) is 0 Å². The number of nitrogens with one attached hydrogen (secondary N) is 1. The van der Waals surface area contributed by atoms with Crippen LogP contribution in [-0.4, -0.2) is 26.2 Å². The molecule has 0 fully saturated rings. The van der Waals surface area contributed by atoms with Crippen molar-refractivity contribution >= 4 is 16.7 Å². The maximum atomic E-state index is 12.9. The minimum absolute atomic E-state index is 0.0137. The molecule has 0 saturated heterocycles. The number of hydrogen-bond acceptors (Lipinski definition) is 4. The van der Waals surface area contributed by atoms with Crippen LogP contribution in [-0.2, 0) is 4.79 Å². The molecule has 0 spiro atoms. The minimum Gasteiger partial charge on any atom is -0.497 e. The van der Waals surface area contributed by atoms with Crippen molar-refractivity contribution in [1.82, 2.24) is 5.32 Å². The topological polar surface area (TPSA) is 56.8 Å².